The molecule has 1 amide bonds. The predicted octanol–water partition coefficient (Wildman–Crippen LogP) is 4.97. The number of benzene rings is 3. The molecule has 0 saturated carbocycles. The maximum atomic E-state index is 12.8. The molecule has 0 spiro atoms. The first kappa shape index (κ1) is 21.3. The van der Waals surface area contributed by atoms with Crippen LogP contribution in [0, 0.1) is 0 Å². The van der Waals surface area contributed by atoms with E-state index in [2.05, 4.69) is 15.5 Å². The van der Waals surface area contributed by atoms with Crippen LogP contribution in [0.5, 0.6) is 28.9 Å². The third-order valence-electron chi connectivity index (χ3n) is 5.14. The first-order valence-corrected chi connectivity index (χ1v) is 10.7. The lowest BCUT2D eigenvalue weighted by Crippen LogP contribution is -2.16. The number of carbonyl (C=O) groups excluding carboxylic acids is 1. The Morgan fingerprint density at radius 3 is 2.47 bits per heavy atom. The quantitative estimate of drug-likeness (QED) is 0.439. The van der Waals surface area contributed by atoms with Crippen molar-refractivity contribution in [3.63, 3.8) is 0 Å². The lowest BCUT2D eigenvalue weighted by molar-refractivity contribution is 0.102. The molecule has 0 unspecified atom stereocenters. The Labute approximate surface area is 196 Å². The second kappa shape index (κ2) is 9.50. The fourth-order valence-electron chi connectivity index (χ4n) is 3.49. The number of nitrogens with one attached hydrogen (secondary N) is 1. The van der Waals surface area contributed by atoms with Gasteiger partial charge in [0.2, 0.25) is 5.88 Å². The minimum absolute atomic E-state index is 0.248. The number of rotatable bonds is 6. The van der Waals surface area contributed by atoms with Gasteiger partial charge in [-0.1, -0.05) is 24.3 Å². The summed E-state index contributed by atoms with van der Waals surface area (Å²) in [6.45, 7) is 0.998. The SMILES string of the molecule is COc1ccccc1Oc1ccc(-c2cccc(C(=O)Nc3ccc4c(c3)OCCO4)c2)nn1. The molecule has 0 fully saturated rings. The molecule has 3 aromatic carbocycles. The molecule has 5 rings (SSSR count). The highest BCUT2D eigenvalue weighted by Crippen LogP contribution is 2.33. The molecule has 0 bridgehead atoms. The number of para-hydroxylation sites is 2. The summed E-state index contributed by atoms with van der Waals surface area (Å²) in [7, 11) is 1.58. The van der Waals surface area contributed by atoms with Gasteiger partial charge in [-0.05, 0) is 42.5 Å². The Kier molecular flexibility index (Phi) is 5.94. The number of nitrogens with zero attached hydrogens (tertiary/aromatic N) is 2. The monoisotopic (exact) mass is 455 g/mol. The summed E-state index contributed by atoms with van der Waals surface area (Å²) in [4.78, 5) is 12.8. The summed E-state index contributed by atoms with van der Waals surface area (Å²) in [5.74, 6) is 2.52. The van der Waals surface area contributed by atoms with Gasteiger partial charge in [-0.3, -0.25) is 4.79 Å². The third kappa shape index (κ3) is 4.61. The molecule has 1 N–H and O–H groups in total. The molecule has 1 aliphatic rings. The number of ether oxygens (including phenoxy) is 4. The van der Waals surface area contributed by atoms with E-state index < -0.39 is 0 Å². The number of fused-ring (bicyclic) bond motifs is 1. The Morgan fingerprint density at radius 1 is 0.853 bits per heavy atom. The van der Waals surface area contributed by atoms with E-state index in [1.54, 1.807) is 67.8 Å². The topological polar surface area (TPSA) is 91.8 Å². The second-order valence-electron chi connectivity index (χ2n) is 7.40. The average Bonchev–Trinajstić information content (AvgIpc) is 2.89. The van der Waals surface area contributed by atoms with Gasteiger partial charge in [-0.25, -0.2) is 0 Å². The van der Waals surface area contributed by atoms with Gasteiger partial charge in [0, 0.05) is 28.9 Å². The number of hydrogen-bond donors (Lipinski definition) is 1. The summed E-state index contributed by atoms with van der Waals surface area (Å²) < 4.78 is 22.2. The van der Waals surface area contributed by atoms with Gasteiger partial charge >= 0.3 is 0 Å². The van der Waals surface area contributed by atoms with Gasteiger partial charge in [0.15, 0.2) is 23.0 Å². The molecule has 34 heavy (non-hydrogen) atoms. The normalized spacial score (nSPS) is 12.0. The zero-order valence-electron chi connectivity index (χ0n) is 18.4. The van der Waals surface area contributed by atoms with Crippen molar-refractivity contribution in [1.29, 1.82) is 0 Å². The zero-order chi connectivity index (χ0) is 23.3. The van der Waals surface area contributed by atoms with Gasteiger partial charge in [0.25, 0.3) is 5.91 Å². The molecule has 0 atom stereocenters. The van der Waals surface area contributed by atoms with Crippen molar-refractivity contribution in [1.82, 2.24) is 10.2 Å². The summed E-state index contributed by atoms with van der Waals surface area (Å²) in [6.07, 6.45) is 0. The van der Waals surface area contributed by atoms with Crippen LogP contribution in [0.25, 0.3) is 11.3 Å². The molecular weight excluding hydrogens is 434 g/mol. The van der Waals surface area contributed by atoms with Crippen LogP contribution in [0.2, 0.25) is 0 Å². The summed E-state index contributed by atoms with van der Waals surface area (Å²) >= 11 is 0. The minimum Gasteiger partial charge on any atom is -0.493 e. The van der Waals surface area contributed by atoms with Crippen LogP contribution >= 0.6 is 0 Å². The first-order chi connectivity index (χ1) is 16.7. The number of anilines is 1. The smallest absolute Gasteiger partial charge is 0.255 e. The Balaban J connectivity index is 1.30. The molecule has 2 heterocycles. The van der Waals surface area contributed by atoms with Gasteiger partial charge in [-0.15, -0.1) is 10.2 Å². The maximum Gasteiger partial charge on any atom is 0.255 e. The van der Waals surface area contributed by atoms with Gasteiger partial charge in [-0.2, -0.15) is 0 Å². The first-order valence-electron chi connectivity index (χ1n) is 10.7. The summed E-state index contributed by atoms with van der Waals surface area (Å²) in [5.41, 5.74) is 2.48. The third-order valence-corrected chi connectivity index (χ3v) is 5.14. The molecule has 4 aromatic rings. The average molecular weight is 455 g/mol. The van der Waals surface area contributed by atoms with Crippen molar-refractivity contribution in [3.05, 3.63) is 84.4 Å². The van der Waals surface area contributed by atoms with Gasteiger partial charge < -0.3 is 24.3 Å². The van der Waals surface area contributed by atoms with Crippen LogP contribution in [0.1, 0.15) is 10.4 Å². The van der Waals surface area contributed by atoms with E-state index >= 15 is 0 Å². The Bertz CT molecular complexity index is 1320. The van der Waals surface area contributed by atoms with E-state index in [4.69, 9.17) is 18.9 Å². The predicted molar refractivity (Wildman–Crippen MR) is 126 cm³/mol. The number of carbonyl (C=O) groups is 1. The van der Waals surface area contributed by atoms with E-state index in [-0.39, 0.29) is 5.91 Å². The van der Waals surface area contributed by atoms with Crippen molar-refractivity contribution in [2.45, 2.75) is 0 Å². The summed E-state index contributed by atoms with van der Waals surface area (Å²) in [6, 6.07) is 23.3. The number of methoxy groups -OCH3 is 1. The van der Waals surface area contributed by atoms with Crippen molar-refractivity contribution in [2.24, 2.45) is 0 Å². The fourth-order valence-corrected chi connectivity index (χ4v) is 3.49. The highest BCUT2D eigenvalue weighted by Gasteiger charge is 2.14. The number of hydrogen-bond acceptors (Lipinski definition) is 7. The van der Waals surface area contributed by atoms with Crippen molar-refractivity contribution in [2.75, 3.05) is 25.6 Å². The minimum atomic E-state index is -0.248. The highest BCUT2D eigenvalue weighted by molar-refractivity contribution is 6.05. The van der Waals surface area contributed by atoms with Crippen molar-refractivity contribution in [3.8, 4) is 40.1 Å². The van der Waals surface area contributed by atoms with Crippen molar-refractivity contribution < 1.29 is 23.7 Å². The number of amides is 1. The molecule has 1 aromatic heterocycles. The van der Waals surface area contributed by atoms with Crippen LogP contribution < -0.4 is 24.3 Å². The fraction of sp³-hybridized carbons (Fsp3) is 0.115. The van der Waals surface area contributed by atoms with Gasteiger partial charge in [0.05, 0.1) is 12.8 Å². The van der Waals surface area contributed by atoms with Crippen LogP contribution in [0.15, 0.2) is 78.9 Å². The second-order valence-corrected chi connectivity index (χ2v) is 7.40. The molecule has 8 nitrogen and oxygen atoms in total. The van der Waals surface area contributed by atoms with Crippen LogP contribution in [-0.4, -0.2) is 36.4 Å². The standard InChI is InChI=1S/C26H21N3O5/c1-31-21-7-2-3-8-23(21)34-25-12-10-20(28-29-25)17-5-4-6-18(15-17)26(30)27-19-9-11-22-24(16-19)33-14-13-32-22/h2-12,15-16H,13-14H2,1H3,(H,27,30). The molecule has 8 heteroatoms. The van der Waals surface area contributed by atoms with Crippen LogP contribution in [0.3, 0.4) is 0 Å². The molecule has 0 saturated heterocycles. The maximum absolute atomic E-state index is 12.8. The van der Waals surface area contributed by atoms with Crippen LogP contribution in [0.4, 0.5) is 5.69 Å². The van der Waals surface area contributed by atoms with E-state index in [0.717, 1.165) is 5.56 Å². The molecule has 0 aliphatic carbocycles. The van der Waals surface area contributed by atoms with Crippen molar-refractivity contribution >= 4 is 11.6 Å². The molecule has 1 aliphatic heterocycles. The number of aromatic nitrogens is 2. The van der Waals surface area contributed by atoms with E-state index in [0.29, 0.717) is 59.0 Å². The molecular formula is C26H21N3O5. The lowest BCUT2D eigenvalue weighted by Gasteiger charge is -2.19. The van der Waals surface area contributed by atoms with Crippen LogP contribution in [-0.2, 0) is 0 Å². The largest absolute Gasteiger partial charge is 0.493 e. The van der Waals surface area contributed by atoms with Gasteiger partial charge in [0.1, 0.15) is 13.2 Å². The zero-order valence-corrected chi connectivity index (χ0v) is 18.4. The van der Waals surface area contributed by atoms with E-state index in [9.17, 15) is 4.79 Å². The molecule has 170 valence electrons. The highest BCUT2D eigenvalue weighted by atomic mass is 16.6. The lowest BCUT2D eigenvalue weighted by atomic mass is 10.1. The van der Waals surface area contributed by atoms with E-state index in [1.807, 2.05) is 18.2 Å². The summed E-state index contributed by atoms with van der Waals surface area (Å²) in [5, 5.41) is 11.3. The van der Waals surface area contributed by atoms with E-state index in [1.165, 1.54) is 0 Å². The molecule has 0 radical (unpaired) electrons. The Morgan fingerprint density at radius 2 is 1.68 bits per heavy atom. The Hall–Kier alpha value is -4.59.